The van der Waals surface area contributed by atoms with Crippen molar-refractivity contribution in [2.75, 3.05) is 0 Å². The third kappa shape index (κ3) is 6.25. The van der Waals surface area contributed by atoms with Gasteiger partial charge in [0.05, 0.1) is 33.1 Å². The molecule has 0 radical (unpaired) electrons. The number of hydrogen-bond donors (Lipinski definition) is 0. The van der Waals surface area contributed by atoms with Gasteiger partial charge in [0.2, 0.25) is 11.9 Å². The average Bonchev–Trinajstić information content (AvgIpc) is 4.06. The lowest BCUT2D eigenvalue weighted by Crippen LogP contribution is -2.07. The Hall–Kier alpha value is -9.60. The van der Waals surface area contributed by atoms with Crippen LogP contribution in [0.3, 0.4) is 0 Å². The maximum atomic E-state index is 5.34. The molecule has 0 saturated heterocycles. The second-order valence-corrected chi connectivity index (χ2v) is 17.2. The summed E-state index contributed by atoms with van der Waals surface area (Å²) >= 11 is 0. The molecule has 0 saturated carbocycles. The molecule has 0 fully saturated rings. The van der Waals surface area contributed by atoms with Gasteiger partial charge in [0.25, 0.3) is 0 Å². The lowest BCUT2D eigenvalue weighted by atomic mass is 10.1. The van der Waals surface area contributed by atoms with Crippen molar-refractivity contribution in [1.82, 2.24) is 43.6 Å². The molecule has 14 rings (SSSR count). The molecule has 9 heteroatoms. The Morgan fingerprint density at radius 2 is 0.551 bits per heavy atom. The van der Waals surface area contributed by atoms with Crippen molar-refractivity contribution >= 4 is 65.4 Å². The van der Waals surface area contributed by atoms with E-state index in [2.05, 4.69) is 147 Å². The second kappa shape index (κ2) is 15.5. The number of nitrogens with zero attached hydrogens (tertiary/aromatic N) is 9. The second-order valence-electron chi connectivity index (χ2n) is 17.2. The van der Waals surface area contributed by atoms with Crippen LogP contribution in [0.1, 0.15) is 0 Å². The fraction of sp³-hybridized carbons (Fsp3) is 0. The summed E-state index contributed by atoms with van der Waals surface area (Å²) in [5.41, 5.74) is 10.8. The first-order valence-corrected chi connectivity index (χ1v) is 23.0. The number of fused-ring (bicyclic) bond motifs is 9. The molecule has 0 aliphatic heterocycles. The molecular weight excluding hydrogens is 847 g/mol. The summed E-state index contributed by atoms with van der Waals surface area (Å²) < 4.78 is 6.70. The largest absolute Gasteiger partial charge is 0.309 e. The lowest BCUT2D eigenvalue weighted by molar-refractivity contribution is 0.952. The molecule has 9 aromatic carbocycles. The molecule has 322 valence electrons. The van der Waals surface area contributed by atoms with Crippen LogP contribution in [0.15, 0.2) is 224 Å². The van der Waals surface area contributed by atoms with Gasteiger partial charge in [-0.05, 0) is 60.7 Å². The van der Waals surface area contributed by atoms with E-state index >= 15 is 0 Å². The van der Waals surface area contributed by atoms with Crippen LogP contribution in [0.4, 0.5) is 0 Å². The quantitative estimate of drug-likeness (QED) is 0.158. The van der Waals surface area contributed by atoms with Crippen LogP contribution in [0.25, 0.3) is 129 Å². The molecule has 0 spiro atoms. The van der Waals surface area contributed by atoms with Crippen molar-refractivity contribution < 1.29 is 0 Å². The van der Waals surface area contributed by atoms with E-state index in [0.29, 0.717) is 35.2 Å². The van der Waals surface area contributed by atoms with Crippen molar-refractivity contribution in [3.8, 4) is 63.1 Å². The minimum atomic E-state index is 0.516. The first-order chi connectivity index (χ1) is 34.2. The van der Waals surface area contributed by atoms with E-state index in [4.69, 9.17) is 29.9 Å². The van der Waals surface area contributed by atoms with Crippen molar-refractivity contribution in [1.29, 1.82) is 0 Å². The maximum Gasteiger partial charge on any atom is 0.238 e. The summed E-state index contributed by atoms with van der Waals surface area (Å²) in [6.07, 6.45) is 0. The van der Waals surface area contributed by atoms with Gasteiger partial charge in [0, 0.05) is 60.3 Å². The molecule has 9 nitrogen and oxygen atoms in total. The highest BCUT2D eigenvalue weighted by Gasteiger charge is 2.23. The van der Waals surface area contributed by atoms with Gasteiger partial charge in [-0.3, -0.25) is 9.13 Å². The fourth-order valence-corrected chi connectivity index (χ4v) is 10.0. The zero-order valence-electron chi connectivity index (χ0n) is 36.9. The zero-order chi connectivity index (χ0) is 45.4. The smallest absolute Gasteiger partial charge is 0.238 e. The Bertz CT molecular complexity index is 4180. The van der Waals surface area contributed by atoms with Gasteiger partial charge in [-0.15, -0.1) is 0 Å². The summed E-state index contributed by atoms with van der Waals surface area (Å²) in [6, 6.07) is 77.5. The van der Waals surface area contributed by atoms with Crippen LogP contribution in [-0.4, -0.2) is 43.6 Å². The van der Waals surface area contributed by atoms with Gasteiger partial charge in [0.15, 0.2) is 23.3 Å². The maximum absolute atomic E-state index is 5.34. The zero-order valence-corrected chi connectivity index (χ0v) is 36.9. The first-order valence-electron chi connectivity index (χ1n) is 23.0. The van der Waals surface area contributed by atoms with Gasteiger partial charge < -0.3 is 4.57 Å². The third-order valence-corrected chi connectivity index (χ3v) is 13.2. The van der Waals surface area contributed by atoms with Crippen LogP contribution in [0.2, 0.25) is 0 Å². The molecule has 69 heavy (non-hydrogen) atoms. The number of hydrogen-bond acceptors (Lipinski definition) is 6. The molecule has 0 atom stereocenters. The Morgan fingerprint density at radius 1 is 0.217 bits per heavy atom. The molecule has 5 heterocycles. The predicted octanol–water partition coefficient (Wildman–Crippen LogP) is 14.0. The van der Waals surface area contributed by atoms with E-state index in [1.165, 1.54) is 0 Å². The Labute approximate surface area is 394 Å². The van der Waals surface area contributed by atoms with E-state index < -0.39 is 0 Å². The first kappa shape index (κ1) is 38.6. The Morgan fingerprint density at radius 3 is 1.04 bits per heavy atom. The molecule has 0 aliphatic carbocycles. The summed E-state index contributed by atoms with van der Waals surface area (Å²) in [5, 5.41) is 6.56. The van der Waals surface area contributed by atoms with E-state index in [9.17, 15) is 0 Å². The van der Waals surface area contributed by atoms with Crippen LogP contribution in [0.5, 0.6) is 0 Å². The molecule has 0 N–H and O–H groups in total. The summed E-state index contributed by atoms with van der Waals surface area (Å²) in [4.78, 5) is 31.4. The van der Waals surface area contributed by atoms with Gasteiger partial charge >= 0.3 is 0 Å². The van der Waals surface area contributed by atoms with E-state index in [1.54, 1.807) is 0 Å². The van der Waals surface area contributed by atoms with Crippen LogP contribution < -0.4 is 0 Å². The lowest BCUT2D eigenvalue weighted by Gasteiger charge is -2.12. The van der Waals surface area contributed by atoms with E-state index in [-0.39, 0.29) is 0 Å². The molecule has 5 aromatic heterocycles. The predicted molar refractivity (Wildman–Crippen MR) is 278 cm³/mol. The van der Waals surface area contributed by atoms with Crippen molar-refractivity contribution in [3.05, 3.63) is 224 Å². The van der Waals surface area contributed by atoms with Crippen LogP contribution in [0, 0.1) is 0 Å². The summed E-state index contributed by atoms with van der Waals surface area (Å²) in [6.45, 7) is 0. The summed E-state index contributed by atoms with van der Waals surface area (Å²) in [7, 11) is 0. The minimum absolute atomic E-state index is 0.516. The standard InChI is InChI=1S/C60H37N9/c1-5-19-38(20-6-1)55-61-56(39-21-7-2-8-22-39)65-60(64-55)69-52-34-33-41(35-46(52)48-37-53-47(36-54(48)69)45-29-15-16-30-49(45)67(53)42-25-11-4-12-26-42)58-62-57(40-23-9-3-10-24-40)63-59(66-58)68-50-31-17-13-27-43(50)44-28-14-18-32-51(44)68/h1-37H. The Balaban J connectivity index is 1.07. The molecule has 0 aliphatic rings. The van der Waals surface area contributed by atoms with Gasteiger partial charge in [-0.25, -0.2) is 9.97 Å². The van der Waals surface area contributed by atoms with E-state index in [1.807, 2.05) is 91.0 Å². The third-order valence-electron chi connectivity index (χ3n) is 13.2. The fourth-order valence-electron chi connectivity index (χ4n) is 10.0. The SMILES string of the molecule is c1ccc(-c2nc(-c3ccc4c(c3)c3cc5c(cc3n4-c3nc(-c4ccccc4)nc(-c4ccccc4)n3)c3ccccc3n5-c3ccccc3)nc(-n3c4ccccc4c4ccccc43)n2)cc1. The Kier molecular flexibility index (Phi) is 8.68. The van der Waals surface area contributed by atoms with Crippen LogP contribution in [-0.2, 0) is 0 Å². The van der Waals surface area contributed by atoms with Crippen molar-refractivity contribution in [2.45, 2.75) is 0 Å². The van der Waals surface area contributed by atoms with Gasteiger partial charge in [-0.1, -0.05) is 164 Å². The molecule has 14 aromatic rings. The van der Waals surface area contributed by atoms with Crippen LogP contribution >= 0.6 is 0 Å². The molecule has 0 bridgehead atoms. The molecular formula is C60H37N9. The highest BCUT2D eigenvalue weighted by Crippen LogP contribution is 2.41. The topological polar surface area (TPSA) is 92.1 Å². The highest BCUT2D eigenvalue weighted by molar-refractivity contribution is 6.19. The monoisotopic (exact) mass is 883 g/mol. The average molecular weight is 884 g/mol. The normalized spacial score (nSPS) is 11.8. The number of benzene rings is 9. The van der Waals surface area contributed by atoms with Crippen molar-refractivity contribution in [3.63, 3.8) is 0 Å². The molecule has 0 unspecified atom stereocenters. The number of para-hydroxylation sites is 4. The number of rotatable bonds is 7. The number of aromatic nitrogens is 9. The minimum Gasteiger partial charge on any atom is -0.309 e. The van der Waals surface area contributed by atoms with Crippen molar-refractivity contribution in [2.24, 2.45) is 0 Å². The molecule has 0 amide bonds. The van der Waals surface area contributed by atoms with Gasteiger partial charge in [-0.2, -0.15) is 19.9 Å². The summed E-state index contributed by atoms with van der Waals surface area (Å²) in [5.74, 6) is 3.37. The van der Waals surface area contributed by atoms with Gasteiger partial charge in [0.1, 0.15) is 0 Å². The van der Waals surface area contributed by atoms with E-state index in [0.717, 1.165) is 93.4 Å². The highest BCUT2D eigenvalue weighted by atomic mass is 15.2.